The van der Waals surface area contributed by atoms with E-state index in [-0.39, 0.29) is 0 Å². The maximum Gasteiger partial charge on any atom is 0.159 e. The van der Waals surface area contributed by atoms with Crippen LogP contribution in [0.4, 0.5) is 0 Å². The summed E-state index contributed by atoms with van der Waals surface area (Å²) in [6, 6.07) is 14.2. The molecule has 0 unspecified atom stereocenters. The van der Waals surface area contributed by atoms with Gasteiger partial charge in [-0.1, -0.05) is 43.4 Å². The maximum absolute atomic E-state index is 4.80. The summed E-state index contributed by atoms with van der Waals surface area (Å²) in [5.74, 6) is 6.44. The van der Waals surface area contributed by atoms with Crippen LogP contribution in [-0.2, 0) is 6.42 Å². The average molecular weight is 343 g/mol. The summed E-state index contributed by atoms with van der Waals surface area (Å²) >= 11 is 1.67. The van der Waals surface area contributed by atoms with Crippen LogP contribution in [0.15, 0.2) is 61.1 Å². The third kappa shape index (κ3) is 3.33. The van der Waals surface area contributed by atoms with Crippen molar-refractivity contribution in [3.05, 3.63) is 77.2 Å². The molecule has 1 aromatic carbocycles. The van der Waals surface area contributed by atoms with E-state index < -0.39 is 0 Å². The van der Waals surface area contributed by atoms with Crippen molar-refractivity contribution in [3.8, 4) is 22.4 Å². The first kappa shape index (κ1) is 15.6. The van der Waals surface area contributed by atoms with Crippen LogP contribution in [0.1, 0.15) is 29.5 Å². The number of rotatable bonds is 3. The minimum absolute atomic E-state index is 0.943. The third-order valence-corrected chi connectivity index (χ3v) is 4.92. The number of hydrogen-bond donors (Lipinski definition) is 0. The molecule has 4 heteroatoms. The van der Waals surface area contributed by atoms with Crippen molar-refractivity contribution in [1.82, 2.24) is 14.4 Å². The molecular formula is C21H17N3S. The van der Waals surface area contributed by atoms with Gasteiger partial charge < -0.3 is 4.40 Å². The molecule has 0 bridgehead atoms. The molecule has 0 saturated heterocycles. The highest BCUT2D eigenvalue weighted by Gasteiger charge is 2.10. The summed E-state index contributed by atoms with van der Waals surface area (Å²) < 4.78 is 2.06. The Balaban J connectivity index is 1.65. The van der Waals surface area contributed by atoms with Gasteiger partial charge in [0.25, 0.3) is 0 Å². The molecule has 3 heterocycles. The fourth-order valence-corrected chi connectivity index (χ4v) is 3.52. The van der Waals surface area contributed by atoms with Gasteiger partial charge in [-0.15, -0.1) is 11.3 Å². The first-order valence-corrected chi connectivity index (χ1v) is 9.15. The van der Waals surface area contributed by atoms with Crippen LogP contribution >= 0.6 is 11.3 Å². The monoisotopic (exact) mass is 343 g/mol. The number of nitrogens with zero attached hydrogens (tertiary/aromatic N) is 3. The smallest absolute Gasteiger partial charge is 0.159 e. The summed E-state index contributed by atoms with van der Waals surface area (Å²) in [6.45, 7) is 2.16. The predicted molar refractivity (Wildman–Crippen MR) is 103 cm³/mol. The van der Waals surface area contributed by atoms with Gasteiger partial charge in [-0.05, 0) is 30.7 Å². The van der Waals surface area contributed by atoms with Crippen LogP contribution in [0.3, 0.4) is 0 Å². The van der Waals surface area contributed by atoms with E-state index in [1.54, 1.807) is 11.3 Å². The van der Waals surface area contributed by atoms with Crippen molar-refractivity contribution in [3.63, 3.8) is 0 Å². The molecule has 4 rings (SSSR count). The van der Waals surface area contributed by atoms with Crippen molar-refractivity contribution in [2.45, 2.75) is 19.8 Å². The fraction of sp³-hybridized carbons (Fsp3) is 0.143. The summed E-state index contributed by atoms with van der Waals surface area (Å²) in [5, 5.41) is 0. The van der Waals surface area contributed by atoms with E-state index in [0.29, 0.717) is 0 Å². The van der Waals surface area contributed by atoms with Crippen LogP contribution in [0, 0.1) is 11.8 Å². The molecule has 3 nitrogen and oxygen atoms in total. The lowest BCUT2D eigenvalue weighted by Crippen LogP contribution is -1.94. The first-order valence-electron chi connectivity index (χ1n) is 8.33. The van der Waals surface area contributed by atoms with Gasteiger partial charge in [-0.2, -0.15) is 0 Å². The van der Waals surface area contributed by atoms with Gasteiger partial charge in [0.15, 0.2) is 5.65 Å². The van der Waals surface area contributed by atoms with E-state index >= 15 is 0 Å². The average Bonchev–Trinajstić information content (AvgIpc) is 3.28. The van der Waals surface area contributed by atoms with Crippen LogP contribution in [0.25, 0.3) is 16.2 Å². The summed E-state index contributed by atoms with van der Waals surface area (Å²) in [7, 11) is 0. The molecule has 3 aromatic heterocycles. The zero-order valence-corrected chi connectivity index (χ0v) is 14.8. The third-order valence-electron chi connectivity index (χ3n) is 3.90. The highest BCUT2D eigenvalue weighted by atomic mass is 32.1. The Labute approximate surface area is 151 Å². The Bertz CT molecular complexity index is 1060. The lowest BCUT2D eigenvalue weighted by atomic mass is 10.2. The SMILES string of the molecule is CCCc1nccn2cc(-c3ccc(C#Cc4ccccc4)s3)nc12. The molecule has 0 amide bonds. The molecule has 122 valence electrons. The molecule has 0 saturated carbocycles. The molecule has 4 aromatic rings. The topological polar surface area (TPSA) is 30.2 Å². The molecule has 0 aliphatic heterocycles. The minimum atomic E-state index is 0.943. The quantitative estimate of drug-likeness (QED) is 0.500. The van der Waals surface area contributed by atoms with Gasteiger partial charge in [0.2, 0.25) is 0 Å². The summed E-state index contributed by atoms with van der Waals surface area (Å²) in [4.78, 5) is 11.4. The first-order chi connectivity index (χ1) is 12.3. The van der Waals surface area contributed by atoms with Crippen LogP contribution in [-0.4, -0.2) is 14.4 Å². The van der Waals surface area contributed by atoms with E-state index in [4.69, 9.17) is 4.98 Å². The Hall–Kier alpha value is -2.90. The Kier molecular flexibility index (Phi) is 4.32. The molecule has 0 N–H and O–H groups in total. The van der Waals surface area contributed by atoms with Gasteiger partial charge >= 0.3 is 0 Å². The van der Waals surface area contributed by atoms with Gasteiger partial charge in [0, 0.05) is 24.2 Å². The predicted octanol–water partition coefficient (Wildman–Crippen LogP) is 4.81. The van der Waals surface area contributed by atoms with Gasteiger partial charge in [0.1, 0.15) is 0 Å². The largest absolute Gasteiger partial charge is 0.303 e. The second-order valence-corrected chi connectivity index (χ2v) is 6.84. The lowest BCUT2D eigenvalue weighted by molar-refractivity contribution is 0.874. The summed E-state index contributed by atoms with van der Waals surface area (Å²) in [6.07, 6.45) is 7.87. The molecule has 0 atom stereocenters. The van der Waals surface area contributed by atoms with Crippen LogP contribution in [0.2, 0.25) is 0 Å². The molecule has 0 radical (unpaired) electrons. The number of aryl methyl sites for hydroxylation is 1. The number of fused-ring (bicyclic) bond motifs is 1. The molecule has 0 spiro atoms. The highest BCUT2D eigenvalue weighted by Crippen LogP contribution is 2.27. The number of hydrogen-bond acceptors (Lipinski definition) is 3. The Morgan fingerprint density at radius 1 is 1.08 bits per heavy atom. The van der Waals surface area contributed by atoms with E-state index in [1.807, 2.05) is 42.7 Å². The Morgan fingerprint density at radius 3 is 2.80 bits per heavy atom. The molecule has 0 aliphatic carbocycles. The number of aromatic nitrogens is 3. The van der Waals surface area contributed by atoms with Gasteiger partial charge in [0.05, 0.1) is 21.1 Å². The Morgan fingerprint density at radius 2 is 1.96 bits per heavy atom. The zero-order chi connectivity index (χ0) is 17.1. The van der Waals surface area contributed by atoms with Crippen molar-refractivity contribution in [1.29, 1.82) is 0 Å². The number of benzene rings is 1. The van der Waals surface area contributed by atoms with Crippen LogP contribution < -0.4 is 0 Å². The van der Waals surface area contributed by atoms with Gasteiger partial charge in [-0.3, -0.25) is 4.98 Å². The standard InChI is InChI=1S/C21H17N3S/c1-2-6-18-21-23-19(15-24(21)14-13-22-18)20-12-11-17(25-20)10-9-16-7-4-3-5-8-16/h3-5,7-8,11-15H,2,6H2,1H3. The fourth-order valence-electron chi connectivity index (χ4n) is 2.70. The van der Waals surface area contributed by atoms with Crippen LogP contribution in [0.5, 0.6) is 0 Å². The van der Waals surface area contributed by atoms with E-state index in [9.17, 15) is 0 Å². The molecular weight excluding hydrogens is 326 g/mol. The second kappa shape index (κ2) is 6.92. The van der Waals surface area contributed by atoms with E-state index in [2.05, 4.69) is 46.5 Å². The normalized spacial score (nSPS) is 10.6. The zero-order valence-electron chi connectivity index (χ0n) is 13.9. The van der Waals surface area contributed by atoms with Crippen molar-refractivity contribution in [2.75, 3.05) is 0 Å². The number of thiophene rings is 1. The van der Waals surface area contributed by atoms with Crippen molar-refractivity contribution >= 4 is 17.0 Å². The minimum Gasteiger partial charge on any atom is -0.303 e. The second-order valence-electron chi connectivity index (χ2n) is 5.76. The van der Waals surface area contributed by atoms with Crippen molar-refractivity contribution < 1.29 is 0 Å². The van der Waals surface area contributed by atoms with Crippen molar-refractivity contribution in [2.24, 2.45) is 0 Å². The molecule has 25 heavy (non-hydrogen) atoms. The maximum atomic E-state index is 4.80. The van der Waals surface area contributed by atoms with E-state index in [1.165, 1.54) is 0 Å². The van der Waals surface area contributed by atoms with E-state index in [0.717, 1.165) is 45.2 Å². The summed E-state index contributed by atoms with van der Waals surface area (Å²) in [5.41, 5.74) is 4.00. The highest BCUT2D eigenvalue weighted by molar-refractivity contribution is 7.16. The molecule has 0 fully saturated rings. The number of imidazole rings is 1. The van der Waals surface area contributed by atoms with Gasteiger partial charge in [-0.25, -0.2) is 4.98 Å². The lowest BCUT2D eigenvalue weighted by Gasteiger charge is -1.98. The molecule has 0 aliphatic rings.